The number of piperidine rings is 1. The van der Waals surface area contributed by atoms with E-state index in [1.807, 2.05) is 7.05 Å². The summed E-state index contributed by atoms with van der Waals surface area (Å²) in [5, 5.41) is 3.24. The molecule has 2 atom stereocenters. The fraction of sp³-hybridized carbons (Fsp3) is 0.636. The predicted molar refractivity (Wildman–Crippen MR) is 77.4 cm³/mol. The number of nitrogens with one attached hydrogen (secondary N) is 1. The van der Waals surface area contributed by atoms with Crippen LogP contribution in [0.2, 0.25) is 0 Å². The van der Waals surface area contributed by atoms with Crippen molar-refractivity contribution in [2.45, 2.75) is 23.6 Å². The first-order chi connectivity index (χ1) is 8.45. The first-order valence-corrected chi connectivity index (χ1v) is 8.93. The lowest BCUT2D eigenvalue weighted by Crippen LogP contribution is -2.48. The van der Waals surface area contributed by atoms with Crippen LogP contribution >= 0.6 is 27.3 Å². The highest BCUT2D eigenvalue weighted by Crippen LogP contribution is 2.30. The average Bonchev–Trinajstić information content (AvgIpc) is 2.76. The Bertz CT molecular complexity index is 515. The molecular weight excluding hydrogens is 336 g/mol. The van der Waals surface area contributed by atoms with Gasteiger partial charge in [-0.2, -0.15) is 4.31 Å². The summed E-state index contributed by atoms with van der Waals surface area (Å²) < 4.78 is 27.7. The van der Waals surface area contributed by atoms with Gasteiger partial charge in [-0.15, -0.1) is 11.3 Å². The lowest BCUT2D eigenvalue weighted by molar-refractivity contribution is 0.228. The van der Waals surface area contributed by atoms with Gasteiger partial charge >= 0.3 is 0 Å². The summed E-state index contributed by atoms with van der Waals surface area (Å²) in [6, 6.07) is 3.85. The molecule has 0 spiro atoms. The second-order valence-corrected chi connectivity index (χ2v) is 9.21. The molecule has 1 fully saturated rings. The van der Waals surface area contributed by atoms with E-state index in [9.17, 15) is 8.42 Å². The molecule has 0 bridgehead atoms. The van der Waals surface area contributed by atoms with E-state index in [4.69, 9.17) is 0 Å². The van der Waals surface area contributed by atoms with Gasteiger partial charge in [0.15, 0.2) is 0 Å². The van der Waals surface area contributed by atoms with Crippen LogP contribution in [0.5, 0.6) is 0 Å². The molecule has 0 radical (unpaired) electrons. The van der Waals surface area contributed by atoms with Crippen molar-refractivity contribution in [2.24, 2.45) is 5.92 Å². The van der Waals surface area contributed by atoms with E-state index in [1.54, 1.807) is 16.4 Å². The largest absolute Gasteiger partial charge is 0.317 e. The van der Waals surface area contributed by atoms with Crippen LogP contribution < -0.4 is 5.32 Å². The van der Waals surface area contributed by atoms with Crippen molar-refractivity contribution in [1.29, 1.82) is 0 Å². The minimum absolute atomic E-state index is 0.335. The molecule has 1 aliphatic rings. The standard InChI is InChI=1S/C11H17BrN2O2S2/c1-8-7-14(6-5-9(8)13-2)18(15,16)11-4-3-10(12)17-11/h3-4,8-9,13H,5-7H2,1-2H3. The number of hydrogen-bond acceptors (Lipinski definition) is 4. The Kier molecular flexibility index (Phi) is 4.48. The van der Waals surface area contributed by atoms with Crippen molar-refractivity contribution < 1.29 is 8.42 Å². The summed E-state index contributed by atoms with van der Waals surface area (Å²) in [4.78, 5) is 0. The topological polar surface area (TPSA) is 49.4 Å². The lowest BCUT2D eigenvalue weighted by Gasteiger charge is -2.35. The molecule has 2 heterocycles. The van der Waals surface area contributed by atoms with E-state index in [-0.39, 0.29) is 0 Å². The molecular formula is C11H17BrN2O2S2. The zero-order valence-electron chi connectivity index (χ0n) is 10.4. The van der Waals surface area contributed by atoms with Crippen molar-refractivity contribution in [3.05, 3.63) is 15.9 Å². The molecule has 1 saturated heterocycles. The normalized spacial score (nSPS) is 26.4. The van der Waals surface area contributed by atoms with E-state index < -0.39 is 10.0 Å². The summed E-state index contributed by atoms with van der Waals surface area (Å²) in [6.45, 7) is 3.27. The van der Waals surface area contributed by atoms with Gasteiger partial charge in [-0.1, -0.05) is 6.92 Å². The molecule has 102 valence electrons. The Balaban J connectivity index is 2.17. The van der Waals surface area contributed by atoms with Crippen LogP contribution in [0.1, 0.15) is 13.3 Å². The SMILES string of the molecule is CNC1CCN(S(=O)(=O)c2ccc(Br)s2)CC1C. The van der Waals surface area contributed by atoms with Gasteiger partial charge in [-0.25, -0.2) is 8.42 Å². The van der Waals surface area contributed by atoms with Gasteiger partial charge in [0.1, 0.15) is 4.21 Å². The number of halogens is 1. The number of thiophene rings is 1. The molecule has 0 amide bonds. The minimum Gasteiger partial charge on any atom is -0.317 e. The maximum Gasteiger partial charge on any atom is 0.252 e. The monoisotopic (exact) mass is 352 g/mol. The van der Waals surface area contributed by atoms with Crippen LogP contribution in [0.3, 0.4) is 0 Å². The number of hydrogen-bond donors (Lipinski definition) is 1. The first-order valence-electron chi connectivity index (χ1n) is 5.88. The minimum atomic E-state index is -3.31. The zero-order chi connectivity index (χ0) is 13.3. The fourth-order valence-electron chi connectivity index (χ4n) is 2.32. The van der Waals surface area contributed by atoms with E-state index in [0.29, 0.717) is 29.3 Å². The molecule has 1 N–H and O–H groups in total. The number of rotatable bonds is 3. The Morgan fingerprint density at radius 1 is 1.50 bits per heavy atom. The van der Waals surface area contributed by atoms with Crippen LogP contribution in [0.4, 0.5) is 0 Å². The molecule has 1 aromatic rings. The summed E-state index contributed by atoms with van der Waals surface area (Å²) in [5.74, 6) is 0.335. The third-order valence-corrected chi connectivity index (χ3v) is 7.34. The highest BCUT2D eigenvalue weighted by molar-refractivity contribution is 9.11. The van der Waals surface area contributed by atoms with E-state index >= 15 is 0 Å². The second-order valence-electron chi connectivity index (χ2n) is 4.58. The van der Waals surface area contributed by atoms with Crippen molar-refractivity contribution in [3.8, 4) is 0 Å². The summed E-state index contributed by atoms with van der Waals surface area (Å²) in [6.07, 6.45) is 0.865. The molecule has 2 unspecified atom stereocenters. The Hall–Kier alpha value is 0.0500. The van der Waals surface area contributed by atoms with Crippen LogP contribution in [-0.4, -0.2) is 38.9 Å². The van der Waals surface area contributed by atoms with Crippen LogP contribution in [0, 0.1) is 5.92 Å². The Morgan fingerprint density at radius 3 is 2.72 bits per heavy atom. The maximum atomic E-state index is 12.4. The average molecular weight is 353 g/mol. The third kappa shape index (κ3) is 2.80. The van der Waals surface area contributed by atoms with Crippen molar-refractivity contribution >= 4 is 37.3 Å². The van der Waals surface area contributed by atoms with Crippen LogP contribution in [0.15, 0.2) is 20.1 Å². The molecule has 0 saturated carbocycles. The summed E-state index contributed by atoms with van der Waals surface area (Å²) >= 11 is 4.57. The predicted octanol–water partition coefficient (Wildman–Crippen LogP) is 2.13. The van der Waals surface area contributed by atoms with Crippen molar-refractivity contribution in [2.75, 3.05) is 20.1 Å². The molecule has 4 nitrogen and oxygen atoms in total. The smallest absolute Gasteiger partial charge is 0.252 e. The molecule has 1 aromatic heterocycles. The maximum absolute atomic E-state index is 12.4. The fourth-order valence-corrected chi connectivity index (χ4v) is 6.04. The lowest BCUT2D eigenvalue weighted by atomic mass is 9.96. The van der Waals surface area contributed by atoms with Gasteiger partial charge in [-0.05, 0) is 47.4 Å². The molecule has 0 aliphatic carbocycles. The van der Waals surface area contributed by atoms with E-state index in [0.717, 1.165) is 10.2 Å². The van der Waals surface area contributed by atoms with Gasteiger partial charge in [0.05, 0.1) is 3.79 Å². The summed E-state index contributed by atoms with van der Waals surface area (Å²) in [7, 11) is -1.38. The van der Waals surface area contributed by atoms with Gasteiger partial charge in [-0.3, -0.25) is 0 Å². The summed E-state index contributed by atoms with van der Waals surface area (Å²) in [5.41, 5.74) is 0. The molecule has 2 rings (SSSR count). The molecule has 0 aromatic carbocycles. The van der Waals surface area contributed by atoms with Gasteiger partial charge in [0, 0.05) is 19.1 Å². The Labute approximate surface area is 121 Å². The van der Waals surface area contributed by atoms with Crippen LogP contribution in [0.25, 0.3) is 0 Å². The number of nitrogens with zero attached hydrogens (tertiary/aromatic N) is 1. The number of sulfonamides is 1. The van der Waals surface area contributed by atoms with E-state index in [2.05, 4.69) is 28.2 Å². The van der Waals surface area contributed by atoms with Gasteiger partial charge < -0.3 is 5.32 Å². The van der Waals surface area contributed by atoms with Crippen molar-refractivity contribution in [1.82, 2.24) is 9.62 Å². The highest BCUT2D eigenvalue weighted by Gasteiger charge is 2.33. The third-order valence-electron chi connectivity index (χ3n) is 3.38. The van der Waals surface area contributed by atoms with Crippen LogP contribution in [-0.2, 0) is 10.0 Å². The zero-order valence-corrected chi connectivity index (χ0v) is 13.6. The van der Waals surface area contributed by atoms with Gasteiger partial charge in [0.2, 0.25) is 0 Å². The quantitative estimate of drug-likeness (QED) is 0.906. The molecule has 7 heteroatoms. The highest BCUT2D eigenvalue weighted by atomic mass is 79.9. The molecule has 1 aliphatic heterocycles. The van der Waals surface area contributed by atoms with Gasteiger partial charge in [0.25, 0.3) is 10.0 Å². The molecule has 18 heavy (non-hydrogen) atoms. The van der Waals surface area contributed by atoms with E-state index in [1.165, 1.54) is 11.3 Å². The second kappa shape index (κ2) is 5.58. The first kappa shape index (κ1) is 14.5. The van der Waals surface area contributed by atoms with Crippen molar-refractivity contribution in [3.63, 3.8) is 0 Å². The Morgan fingerprint density at radius 2 is 2.22 bits per heavy atom.